The first-order valence-corrected chi connectivity index (χ1v) is 8.71. The van der Waals surface area contributed by atoms with Crippen molar-refractivity contribution < 1.29 is 14.7 Å². The first-order valence-electron chi connectivity index (χ1n) is 8.71. The van der Waals surface area contributed by atoms with Crippen LogP contribution in [0.4, 0.5) is 0 Å². The van der Waals surface area contributed by atoms with Gasteiger partial charge in [0, 0.05) is 32.6 Å². The highest BCUT2D eigenvalue weighted by Gasteiger charge is 2.30. The minimum Gasteiger partial charge on any atom is -0.481 e. The van der Waals surface area contributed by atoms with Crippen molar-refractivity contribution in [3.63, 3.8) is 0 Å². The largest absolute Gasteiger partial charge is 0.481 e. The van der Waals surface area contributed by atoms with Crippen LogP contribution in [-0.4, -0.2) is 44.1 Å². The number of para-hydroxylation sites is 2. The minimum absolute atomic E-state index is 0.0945. The predicted molar refractivity (Wildman–Crippen MR) is 93.4 cm³/mol. The first-order chi connectivity index (χ1) is 12.0. The van der Waals surface area contributed by atoms with Gasteiger partial charge in [-0.25, -0.2) is 4.79 Å². The first kappa shape index (κ1) is 17.3. The molecule has 2 heterocycles. The quantitative estimate of drug-likeness (QED) is 0.860. The summed E-state index contributed by atoms with van der Waals surface area (Å²) in [6.45, 7) is 3.72. The summed E-state index contributed by atoms with van der Waals surface area (Å²) in [7, 11) is 0. The minimum atomic E-state index is -0.853. The zero-order chi connectivity index (χ0) is 18.0. The molecule has 1 aromatic heterocycles. The van der Waals surface area contributed by atoms with Gasteiger partial charge in [0.05, 0.1) is 17.0 Å². The zero-order valence-corrected chi connectivity index (χ0v) is 14.4. The third-order valence-electron chi connectivity index (χ3n) is 4.81. The fraction of sp³-hybridized carbons (Fsp3) is 0.500. The van der Waals surface area contributed by atoms with Gasteiger partial charge in [-0.3, -0.25) is 18.7 Å². The van der Waals surface area contributed by atoms with E-state index >= 15 is 0 Å². The zero-order valence-electron chi connectivity index (χ0n) is 14.4. The van der Waals surface area contributed by atoms with Gasteiger partial charge in [0.15, 0.2) is 0 Å². The predicted octanol–water partition coefficient (Wildman–Crippen LogP) is 1.54. The van der Waals surface area contributed by atoms with Gasteiger partial charge in [0.1, 0.15) is 0 Å². The summed E-state index contributed by atoms with van der Waals surface area (Å²) in [5.41, 5.74) is 1.62. The Morgan fingerprint density at radius 1 is 1.16 bits per heavy atom. The molecule has 0 unspecified atom stereocenters. The Hall–Kier alpha value is -2.57. The van der Waals surface area contributed by atoms with Crippen molar-refractivity contribution >= 4 is 22.9 Å². The monoisotopic (exact) mass is 345 g/mol. The molecule has 0 bridgehead atoms. The maximum absolute atomic E-state index is 12.7. The van der Waals surface area contributed by atoms with Crippen LogP contribution in [0.15, 0.2) is 29.1 Å². The van der Waals surface area contributed by atoms with Gasteiger partial charge in [-0.15, -0.1) is 0 Å². The Labute approximate surface area is 145 Å². The summed E-state index contributed by atoms with van der Waals surface area (Å²) in [5.74, 6) is -1.42. The molecule has 0 saturated carbocycles. The van der Waals surface area contributed by atoms with Crippen molar-refractivity contribution in [2.45, 2.75) is 39.3 Å². The molecule has 1 fully saturated rings. The molecule has 7 nitrogen and oxygen atoms in total. The number of carbonyl (C=O) groups is 2. The molecular formula is C18H23N3O4. The van der Waals surface area contributed by atoms with Gasteiger partial charge in [-0.05, 0) is 25.0 Å². The molecule has 0 aliphatic carbocycles. The van der Waals surface area contributed by atoms with Crippen LogP contribution in [0.1, 0.15) is 26.2 Å². The summed E-state index contributed by atoms with van der Waals surface area (Å²) in [6, 6.07) is 7.60. The highest BCUT2D eigenvalue weighted by molar-refractivity contribution is 5.79. The number of aromatic nitrogens is 2. The molecule has 1 N–H and O–H groups in total. The second-order valence-electron chi connectivity index (χ2n) is 6.49. The summed E-state index contributed by atoms with van der Waals surface area (Å²) in [4.78, 5) is 37.7. The number of carbonyl (C=O) groups excluding carboxylic acids is 1. The van der Waals surface area contributed by atoms with Gasteiger partial charge < -0.3 is 10.0 Å². The number of hydrogen-bond acceptors (Lipinski definition) is 3. The van der Waals surface area contributed by atoms with Gasteiger partial charge in [-0.1, -0.05) is 19.1 Å². The molecule has 1 aromatic carbocycles. The van der Waals surface area contributed by atoms with Gasteiger partial charge in [0.25, 0.3) is 0 Å². The van der Waals surface area contributed by atoms with Crippen LogP contribution >= 0.6 is 0 Å². The number of aliphatic carboxylic acids is 1. The number of benzene rings is 1. The molecule has 2 aromatic rings. The molecular weight excluding hydrogens is 322 g/mol. The average molecular weight is 345 g/mol. The number of likely N-dealkylation sites (tertiary alicyclic amines) is 1. The van der Waals surface area contributed by atoms with E-state index in [1.54, 1.807) is 14.0 Å². The number of hydrogen-bond donors (Lipinski definition) is 1. The summed E-state index contributed by atoms with van der Waals surface area (Å²) in [6.07, 6.45) is 1.56. The number of aryl methyl sites for hydroxylation is 2. The Bertz CT molecular complexity index is 852. The third-order valence-corrected chi connectivity index (χ3v) is 4.81. The average Bonchev–Trinajstić information content (AvgIpc) is 3.19. The Morgan fingerprint density at radius 3 is 2.36 bits per heavy atom. The molecule has 1 atom stereocenters. The number of carboxylic acids is 1. The Kier molecular flexibility index (Phi) is 4.92. The molecule has 3 rings (SSSR count). The smallest absolute Gasteiger partial charge is 0.329 e. The SMILES string of the molecule is CCCn1c(=O)n(CCC(=O)N2CC[C@@H](C(=O)O)C2)c2ccccc21. The lowest BCUT2D eigenvalue weighted by Gasteiger charge is -2.15. The molecule has 0 spiro atoms. The van der Waals surface area contributed by atoms with Crippen LogP contribution in [-0.2, 0) is 22.7 Å². The van der Waals surface area contributed by atoms with Gasteiger partial charge in [0.2, 0.25) is 5.91 Å². The van der Waals surface area contributed by atoms with E-state index in [2.05, 4.69) is 0 Å². The van der Waals surface area contributed by atoms with Crippen molar-refractivity contribution in [1.29, 1.82) is 0 Å². The molecule has 1 saturated heterocycles. The van der Waals surface area contributed by atoms with Gasteiger partial charge >= 0.3 is 11.7 Å². The fourth-order valence-electron chi connectivity index (χ4n) is 3.48. The Balaban J connectivity index is 1.75. The number of nitrogens with zero attached hydrogens (tertiary/aromatic N) is 3. The van der Waals surface area contributed by atoms with E-state index in [-0.39, 0.29) is 24.6 Å². The van der Waals surface area contributed by atoms with Crippen LogP contribution in [0, 0.1) is 5.92 Å². The van der Waals surface area contributed by atoms with E-state index in [4.69, 9.17) is 5.11 Å². The topological polar surface area (TPSA) is 84.5 Å². The fourth-order valence-corrected chi connectivity index (χ4v) is 3.48. The number of imidazole rings is 1. The van der Waals surface area contributed by atoms with E-state index in [9.17, 15) is 14.4 Å². The number of fused-ring (bicyclic) bond motifs is 1. The van der Waals surface area contributed by atoms with E-state index in [0.717, 1.165) is 17.5 Å². The van der Waals surface area contributed by atoms with Crippen molar-refractivity contribution in [2.24, 2.45) is 5.92 Å². The van der Waals surface area contributed by atoms with Crippen LogP contribution in [0.5, 0.6) is 0 Å². The van der Waals surface area contributed by atoms with Crippen molar-refractivity contribution in [3.8, 4) is 0 Å². The third kappa shape index (κ3) is 3.31. The number of amides is 1. The standard InChI is InChI=1S/C18H23N3O4/c1-2-9-20-14-5-3-4-6-15(14)21(18(20)25)11-8-16(22)19-10-7-13(12-19)17(23)24/h3-6,13H,2,7-12H2,1H3,(H,23,24)/t13-/m1/s1. The molecule has 1 amide bonds. The normalized spacial score (nSPS) is 17.3. The molecule has 25 heavy (non-hydrogen) atoms. The lowest BCUT2D eigenvalue weighted by atomic mass is 10.1. The summed E-state index contributed by atoms with van der Waals surface area (Å²) >= 11 is 0. The maximum atomic E-state index is 12.7. The van der Waals surface area contributed by atoms with Crippen LogP contribution < -0.4 is 5.69 Å². The van der Waals surface area contributed by atoms with Crippen LogP contribution in [0.3, 0.4) is 0 Å². The molecule has 134 valence electrons. The van der Waals surface area contributed by atoms with Crippen molar-refractivity contribution in [2.75, 3.05) is 13.1 Å². The summed E-state index contributed by atoms with van der Waals surface area (Å²) < 4.78 is 3.39. The van der Waals surface area contributed by atoms with E-state index in [1.165, 1.54) is 0 Å². The van der Waals surface area contributed by atoms with Gasteiger partial charge in [-0.2, -0.15) is 0 Å². The van der Waals surface area contributed by atoms with E-state index in [0.29, 0.717) is 26.1 Å². The second kappa shape index (κ2) is 7.13. The molecule has 1 aliphatic rings. The molecule has 7 heteroatoms. The Morgan fingerprint density at radius 2 is 1.80 bits per heavy atom. The summed E-state index contributed by atoms with van der Waals surface area (Å²) in [5, 5.41) is 9.04. The van der Waals surface area contributed by atoms with E-state index < -0.39 is 11.9 Å². The van der Waals surface area contributed by atoms with Crippen molar-refractivity contribution in [3.05, 3.63) is 34.7 Å². The second-order valence-corrected chi connectivity index (χ2v) is 6.49. The lowest BCUT2D eigenvalue weighted by molar-refractivity contribution is -0.141. The maximum Gasteiger partial charge on any atom is 0.329 e. The highest BCUT2D eigenvalue weighted by Crippen LogP contribution is 2.18. The molecule has 1 aliphatic heterocycles. The van der Waals surface area contributed by atoms with Crippen LogP contribution in [0.2, 0.25) is 0 Å². The lowest BCUT2D eigenvalue weighted by Crippen LogP contribution is -2.32. The molecule has 0 radical (unpaired) electrons. The highest BCUT2D eigenvalue weighted by atomic mass is 16.4. The number of carboxylic acid groups (broad SMARTS) is 1. The van der Waals surface area contributed by atoms with Crippen molar-refractivity contribution in [1.82, 2.24) is 14.0 Å². The number of rotatable bonds is 6. The van der Waals surface area contributed by atoms with E-state index in [1.807, 2.05) is 31.2 Å². The van der Waals surface area contributed by atoms with Crippen LogP contribution in [0.25, 0.3) is 11.0 Å².